The van der Waals surface area contributed by atoms with E-state index < -0.39 is 0 Å². The summed E-state index contributed by atoms with van der Waals surface area (Å²) in [5.74, 6) is 2.59. The number of nitrogens with zero attached hydrogens (tertiary/aromatic N) is 3. The van der Waals surface area contributed by atoms with Crippen LogP contribution in [0.4, 0.5) is 11.8 Å². The highest BCUT2D eigenvalue weighted by atomic mass is 16.5. The van der Waals surface area contributed by atoms with Gasteiger partial charge in [0.2, 0.25) is 5.95 Å². The third-order valence-corrected chi connectivity index (χ3v) is 3.81. The number of anilines is 2. The Labute approximate surface area is 131 Å². The highest BCUT2D eigenvalue weighted by molar-refractivity contribution is 5.47. The lowest BCUT2D eigenvalue weighted by Crippen LogP contribution is -2.31. The maximum atomic E-state index is 5.30. The van der Waals surface area contributed by atoms with Crippen LogP contribution in [0.5, 0.6) is 5.75 Å². The first-order valence-electron chi connectivity index (χ1n) is 7.66. The average Bonchev–Trinajstić information content (AvgIpc) is 2.53. The van der Waals surface area contributed by atoms with Crippen LogP contribution in [0.25, 0.3) is 0 Å². The van der Waals surface area contributed by atoms with Gasteiger partial charge in [-0.1, -0.05) is 6.07 Å². The molecule has 2 heterocycles. The van der Waals surface area contributed by atoms with Crippen molar-refractivity contribution >= 4 is 11.8 Å². The van der Waals surface area contributed by atoms with Crippen molar-refractivity contribution in [3.8, 4) is 5.75 Å². The fraction of sp³-hybridized carbons (Fsp3) is 0.412. The number of nitrogens with one attached hydrogen (secondary N) is 1. The molecule has 1 aromatic heterocycles. The Morgan fingerprint density at radius 3 is 2.86 bits per heavy atom. The van der Waals surface area contributed by atoms with Gasteiger partial charge in [0.25, 0.3) is 0 Å². The van der Waals surface area contributed by atoms with Gasteiger partial charge in [-0.3, -0.25) is 0 Å². The molecule has 5 heteroatoms. The van der Waals surface area contributed by atoms with E-state index in [1.165, 1.54) is 11.1 Å². The van der Waals surface area contributed by atoms with Crippen LogP contribution in [0.3, 0.4) is 0 Å². The number of hydrogen-bond donors (Lipinski definition) is 1. The SMILES string of the molecule is COc1ccc2c(c1)CCN(c1ccnc(NC(C)C)n1)C2. The van der Waals surface area contributed by atoms with Gasteiger partial charge in [-0.15, -0.1) is 0 Å². The van der Waals surface area contributed by atoms with E-state index in [0.29, 0.717) is 12.0 Å². The first-order valence-corrected chi connectivity index (χ1v) is 7.66. The second kappa shape index (κ2) is 6.22. The molecule has 3 rings (SSSR count). The lowest BCUT2D eigenvalue weighted by atomic mass is 9.99. The van der Waals surface area contributed by atoms with E-state index in [2.05, 4.69) is 46.2 Å². The summed E-state index contributed by atoms with van der Waals surface area (Å²) in [5.41, 5.74) is 2.70. The minimum absolute atomic E-state index is 0.324. The first kappa shape index (κ1) is 14.6. The van der Waals surface area contributed by atoms with Crippen LogP contribution in [0.15, 0.2) is 30.5 Å². The second-order valence-corrected chi connectivity index (χ2v) is 5.84. The molecule has 0 atom stereocenters. The van der Waals surface area contributed by atoms with E-state index in [-0.39, 0.29) is 0 Å². The maximum absolute atomic E-state index is 5.30. The highest BCUT2D eigenvalue weighted by Crippen LogP contribution is 2.26. The predicted octanol–water partition coefficient (Wildman–Crippen LogP) is 2.87. The van der Waals surface area contributed by atoms with Crippen LogP contribution in [-0.2, 0) is 13.0 Å². The number of rotatable bonds is 4. The first-order chi connectivity index (χ1) is 10.7. The zero-order valence-electron chi connectivity index (χ0n) is 13.3. The Morgan fingerprint density at radius 1 is 1.23 bits per heavy atom. The van der Waals surface area contributed by atoms with Crippen molar-refractivity contribution in [2.45, 2.75) is 32.9 Å². The summed E-state index contributed by atoms with van der Waals surface area (Å²) < 4.78 is 5.30. The smallest absolute Gasteiger partial charge is 0.224 e. The number of methoxy groups -OCH3 is 1. The van der Waals surface area contributed by atoms with E-state index in [0.717, 1.165) is 31.1 Å². The van der Waals surface area contributed by atoms with Gasteiger partial charge in [0.1, 0.15) is 11.6 Å². The Balaban J connectivity index is 1.79. The summed E-state index contributed by atoms with van der Waals surface area (Å²) >= 11 is 0. The van der Waals surface area contributed by atoms with Crippen molar-refractivity contribution in [1.29, 1.82) is 0 Å². The molecule has 0 unspecified atom stereocenters. The van der Waals surface area contributed by atoms with Gasteiger partial charge in [-0.2, -0.15) is 4.98 Å². The number of aromatic nitrogens is 2. The van der Waals surface area contributed by atoms with Crippen LogP contribution in [0.1, 0.15) is 25.0 Å². The molecule has 116 valence electrons. The lowest BCUT2D eigenvalue weighted by Gasteiger charge is -2.30. The van der Waals surface area contributed by atoms with Crippen molar-refractivity contribution in [2.24, 2.45) is 0 Å². The molecule has 5 nitrogen and oxygen atoms in total. The fourth-order valence-electron chi connectivity index (χ4n) is 2.70. The molecule has 22 heavy (non-hydrogen) atoms. The van der Waals surface area contributed by atoms with Crippen molar-refractivity contribution in [2.75, 3.05) is 23.9 Å². The molecule has 0 amide bonds. The average molecular weight is 298 g/mol. The Kier molecular flexibility index (Phi) is 4.13. The van der Waals surface area contributed by atoms with Crippen LogP contribution in [-0.4, -0.2) is 29.7 Å². The normalized spacial score (nSPS) is 13.9. The van der Waals surface area contributed by atoms with Crippen LogP contribution in [0.2, 0.25) is 0 Å². The molecule has 0 saturated carbocycles. The maximum Gasteiger partial charge on any atom is 0.224 e. The minimum atomic E-state index is 0.324. The Bertz CT molecular complexity index is 657. The summed E-state index contributed by atoms with van der Waals surface area (Å²) in [5, 5.41) is 3.25. The number of fused-ring (bicyclic) bond motifs is 1. The molecule has 1 aliphatic rings. The summed E-state index contributed by atoms with van der Waals surface area (Å²) in [7, 11) is 1.71. The van der Waals surface area contributed by atoms with Crippen LogP contribution < -0.4 is 15.0 Å². The molecule has 1 aliphatic heterocycles. The third-order valence-electron chi connectivity index (χ3n) is 3.81. The third kappa shape index (κ3) is 3.13. The largest absolute Gasteiger partial charge is 0.497 e. The van der Waals surface area contributed by atoms with E-state index in [4.69, 9.17) is 4.74 Å². The molecule has 0 spiro atoms. The zero-order chi connectivity index (χ0) is 15.5. The molecule has 0 aliphatic carbocycles. The lowest BCUT2D eigenvalue weighted by molar-refractivity contribution is 0.413. The van der Waals surface area contributed by atoms with E-state index in [9.17, 15) is 0 Å². The molecular formula is C17H22N4O. The molecule has 1 aromatic carbocycles. The second-order valence-electron chi connectivity index (χ2n) is 5.84. The van der Waals surface area contributed by atoms with Crippen molar-refractivity contribution in [1.82, 2.24) is 9.97 Å². The molecule has 1 N–H and O–H groups in total. The number of hydrogen-bond acceptors (Lipinski definition) is 5. The van der Waals surface area contributed by atoms with Gasteiger partial charge in [0, 0.05) is 25.3 Å². The molecule has 0 radical (unpaired) electrons. The summed E-state index contributed by atoms with van der Waals surface area (Å²) in [6.45, 7) is 6.00. The summed E-state index contributed by atoms with van der Waals surface area (Å²) in [6.07, 6.45) is 2.82. The number of benzene rings is 1. The number of ether oxygens (including phenoxy) is 1. The molecule has 0 fully saturated rings. The van der Waals surface area contributed by atoms with E-state index >= 15 is 0 Å². The van der Waals surface area contributed by atoms with Gasteiger partial charge in [-0.05, 0) is 49.6 Å². The Hall–Kier alpha value is -2.30. The van der Waals surface area contributed by atoms with Crippen molar-refractivity contribution in [3.05, 3.63) is 41.6 Å². The van der Waals surface area contributed by atoms with Gasteiger partial charge < -0.3 is 15.0 Å². The van der Waals surface area contributed by atoms with Crippen LogP contribution >= 0.6 is 0 Å². The monoisotopic (exact) mass is 298 g/mol. The van der Waals surface area contributed by atoms with E-state index in [1.807, 2.05) is 18.3 Å². The molecular weight excluding hydrogens is 276 g/mol. The fourth-order valence-corrected chi connectivity index (χ4v) is 2.70. The van der Waals surface area contributed by atoms with E-state index in [1.54, 1.807) is 7.11 Å². The summed E-state index contributed by atoms with van der Waals surface area (Å²) in [4.78, 5) is 11.2. The zero-order valence-corrected chi connectivity index (χ0v) is 13.3. The standard InChI is InChI=1S/C17H22N4O/c1-12(2)19-17-18-8-6-16(20-17)21-9-7-13-10-15(22-3)5-4-14(13)11-21/h4-6,8,10,12H,7,9,11H2,1-3H3,(H,18,19,20). The van der Waals surface area contributed by atoms with Gasteiger partial charge >= 0.3 is 0 Å². The van der Waals surface area contributed by atoms with Crippen molar-refractivity contribution < 1.29 is 4.74 Å². The van der Waals surface area contributed by atoms with Gasteiger partial charge in [-0.25, -0.2) is 4.98 Å². The molecule has 0 saturated heterocycles. The van der Waals surface area contributed by atoms with Gasteiger partial charge in [0.05, 0.1) is 7.11 Å². The minimum Gasteiger partial charge on any atom is -0.497 e. The predicted molar refractivity (Wildman–Crippen MR) is 88.5 cm³/mol. The van der Waals surface area contributed by atoms with Gasteiger partial charge in [0.15, 0.2) is 0 Å². The van der Waals surface area contributed by atoms with Crippen molar-refractivity contribution in [3.63, 3.8) is 0 Å². The Morgan fingerprint density at radius 2 is 2.09 bits per heavy atom. The topological polar surface area (TPSA) is 50.3 Å². The molecule has 2 aromatic rings. The summed E-state index contributed by atoms with van der Waals surface area (Å²) in [6, 6.07) is 8.60. The highest BCUT2D eigenvalue weighted by Gasteiger charge is 2.18. The quantitative estimate of drug-likeness (QED) is 0.940. The molecule has 0 bridgehead atoms. The van der Waals surface area contributed by atoms with Crippen LogP contribution in [0, 0.1) is 0 Å².